The van der Waals surface area contributed by atoms with E-state index in [1.807, 2.05) is 22.9 Å². The monoisotopic (exact) mass is 264 g/mol. The van der Waals surface area contributed by atoms with Crippen LogP contribution in [0.4, 0.5) is 0 Å². The van der Waals surface area contributed by atoms with Crippen molar-refractivity contribution in [3.8, 4) is 5.75 Å². The Balaban J connectivity index is 1.99. The molecule has 0 atom stereocenters. The van der Waals surface area contributed by atoms with E-state index in [1.54, 1.807) is 18.9 Å². The highest BCUT2D eigenvalue weighted by Crippen LogP contribution is 2.25. The van der Waals surface area contributed by atoms with Crippen LogP contribution >= 0.6 is 11.8 Å². The summed E-state index contributed by atoms with van der Waals surface area (Å²) in [5.41, 5.74) is 0. The average molecular weight is 264 g/mol. The van der Waals surface area contributed by atoms with Gasteiger partial charge in [0, 0.05) is 11.4 Å². The van der Waals surface area contributed by atoms with Gasteiger partial charge in [-0.3, -0.25) is 0 Å². The van der Waals surface area contributed by atoms with Crippen molar-refractivity contribution < 1.29 is 4.74 Å². The van der Waals surface area contributed by atoms with Crippen LogP contribution in [0.2, 0.25) is 0 Å². The molecule has 0 radical (unpaired) electrons. The number of hydrogen-bond donors (Lipinski definition) is 0. The first-order valence-corrected chi connectivity index (χ1v) is 6.84. The van der Waals surface area contributed by atoms with Crippen molar-refractivity contribution in [1.82, 2.24) is 20.2 Å². The lowest BCUT2D eigenvalue weighted by Crippen LogP contribution is -2.04. The van der Waals surface area contributed by atoms with E-state index < -0.39 is 0 Å². The van der Waals surface area contributed by atoms with E-state index in [4.69, 9.17) is 4.74 Å². The third-order valence-corrected chi connectivity index (χ3v) is 3.44. The molecule has 5 nitrogen and oxygen atoms in total. The SMILES string of the molecule is CCCn1nnnc1CSc1cccc(OC)c1. The van der Waals surface area contributed by atoms with Gasteiger partial charge in [-0.05, 0) is 35.0 Å². The molecule has 0 aliphatic carbocycles. The fraction of sp³-hybridized carbons (Fsp3) is 0.417. The third kappa shape index (κ3) is 3.22. The Kier molecular flexibility index (Phi) is 4.58. The number of ether oxygens (including phenoxy) is 1. The molecular weight excluding hydrogens is 248 g/mol. The van der Waals surface area contributed by atoms with Gasteiger partial charge in [0.1, 0.15) is 5.75 Å². The predicted molar refractivity (Wildman–Crippen MR) is 70.7 cm³/mol. The molecule has 2 rings (SSSR count). The van der Waals surface area contributed by atoms with Crippen LogP contribution in [0.3, 0.4) is 0 Å². The molecule has 0 fully saturated rings. The van der Waals surface area contributed by atoms with Gasteiger partial charge in [0.2, 0.25) is 0 Å². The maximum atomic E-state index is 5.20. The smallest absolute Gasteiger partial charge is 0.161 e. The molecule has 1 aromatic carbocycles. The summed E-state index contributed by atoms with van der Waals surface area (Å²) in [6, 6.07) is 7.99. The lowest BCUT2D eigenvalue weighted by atomic mass is 10.3. The average Bonchev–Trinajstić information content (AvgIpc) is 2.85. The van der Waals surface area contributed by atoms with Gasteiger partial charge < -0.3 is 4.74 Å². The molecule has 0 unspecified atom stereocenters. The van der Waals surface area contributed by atoms with E-state index in [2.05, 4.69) is 28.5 Å². The number of methoxy groups -OCH3 is 1. The zero-order valence-electron chi connectivity index (χ0n) is 10.5. The molecule has 6 heteroatoms. The maximum absolute atomic E-state index is 5.20. The minimum absolute atomic E-state index is 0.764. The summed E-state index contributed by atoms with van der Waals surface area (Å²) in [7, 11) is 1.67. The van der Waals surface area contributed by atoms with Gasteiger partial charge in [0.25, 0.3) is 0 Å². The first kappa shape index (κ1) is 12.9. The number of hydrogen-bond acceptors (Lipinski definition) is 5. The topological polar surface area (TPSA) is 52.8 Å². The van der Waals surface area contributed by atoms with Crippen LogP contribution in [0.5, 0.6) is 5.75 Å². The number of aryl methyl sites for hydroxylation is 1. The second-order valence-electron chi connectivity index (χ2n) is 3.79. The van der Waals surface area contributed by atoms with E-state index >= 15 is 0 Å². The van der Waals surface area contributed by atoms with Crippen molar-refractivity contribution in [3.63, 3.8) is 0 Å². The highest BCUT2D eigenvalue weighted by atomic mass is 32.2. The Morgan fingerprint density at radius 1 is 1.39 bits per heavy atom. The number of thioether (sulfide) groups is 1. The highest BCUT2D eigenvalue weighted by molar-refractivity contribution is 7.98. The van der Waals surface area contributed by atoms with Crippen molar-refractivity contribution in [3.05, 3.63) is 30.1 Å². The molecule has 1 aromatic heterocycles. The van der Waals surface area contributed by atoms with Crippen molar-refractivity contribution in [1.29, 1.82) is 0 Å². The summed E-state index contributed by atoms with van der Waals surface area (Å²) >= 11 is 1.70. The van der Waals surface area contributed by atoms with Crippen molar-refractivity contribution in [2.45, 2.75) is 30.5 Å². The largest absolute Gasteiger partial charge is 0.497 e. The lowest BCUT2D eigenvalue weighted by molar-refractivity contribution is 0.413. The molecule has 0 bridgehead atoms. The van der Waals surface area contributed by atoms with Crippen LogP contribution in [0.25, 0.3) is 0 Å². The molecule has 0 aliphatic rings. The summed E-state index contributed by atoms with van der Waals surface area (Å²) in [6.07, 6.45) is 1.03. The quantitative estimate of drug-likeness (QED) is 0.750. The fourth-order valence-electron chi connectivity index (χ4n) is 1.55. The summed E-state index contributed by atoms with van der Waals surface area (Å²) < 4.78 is 7.05. The van der Waals surface area contributed by atoms with Crippen LogP contribution < -0.4 is 4.74 Å². The molecule has 96 valence electrons. The van der Waals surface area contributed by atoms with Crippen LogP contribution in [0, 0.1) is 0 Å². The molecular formula is C12H16N4OS. The standard InChI is InChI=1S/C12H16N4OS/c1-3-7-16-12(13-14-15-16)9-18-11-6-4-5-10(8-11)17-2/h4-6,8H,3,7,9H2,1-2H3. The van der Waals surface area contributed by atoms with Crippen molar-refractivity contribution in [2.24, 2.45) is 0 Å². The van der Waals surface area contributed by atoms with E-state index in [0.717, 1.165) is 35.2 Å². The molecule has 0 spiro atoms. The summed E-state index contributed by atoms with van der Waals surface area (Å²) in [4.78, 5) is 1.15. The van der Waals surface area contributed by atoms with Gasteiger partial charge in [-0.15, -0.1) is 16.9 Å². The second kappa shape index (κ2) is 6.39. The van der Waals surface area contributed by atoms with Gasteiger partial charge in [0.15, 0.2) is 5.82 Å². The molecule has 1 heterocycles. The molecule has 0 amide bonds. The van der Waals surface area contributed by atoms with E-state index in [1.165, 1.54) is 0 Å². The molecule has 18 heavy (non-hydrogen) atoms. The number of benzene rings is 1. The van der Waals surface area contributed by atoms with Gasteiger partial charge >= 0.3 is 0 Å². The van der Waals surface area contributed by atoms with Crippen molar-refractivity contribution in [2.75, 3.05) is 7.11 Å². The first-order chi connectivity index (χ1) is 8.83. The fourth-order valence-corrected chi connectivity index (χ4v) is 2.43. The Hall–Kier alpha value is -1.56. The predicted octanol–water partition coefficient (Wildman–Crippen LogP) is 2.38. The number of nitrogens with zero attached hydrogens (tertiary/aromatic N) is 4. The van der Waals surface area contributed by atoms with Gasteiger partial charge in [-0.1, -0.05) is 13.0 Å². The molecule has 2 aromatic rings. The number of tetrazole rings is 1. The normalized spacial score (nSPS) is 10.6. The maximum Gasteiger partial charge on any atom is 0.161 e. The molecule has 0 N–H and O–H groups in total. The molecule has 0 saturated carbocycles. The number of rotatable bonds is 6. The Labute approximate surface area is 111 Å². The van der Waals surface area contributed by atoms with Crippen molar-refractivity contribution >= 4 is 11.8 Å². The lowest BCUT2D eigenvalue weighted by Gasteiger charge is -2.04. The third-order valence-electron chi connectivity index (χ3n) is 2.45. The van der Waals surface area contributed by atoms with Crippen LogP contribution in [-0.2, 0) is 12.3 Å². The Bertz CT molecular complexity index is 500. The summed E-state index contributed by atoms with van der Waals surface area (Å²) in [5.74, 6) is 2.54. The van der Waals surface area contributed by atoms with Crippen LogP contribution in [0.1, 0.15) is 19.2 Å². The molecule has 0 saturated heterocycles. The first-order valence-electron chi connectivity index (χ1n) is 5.85. The summed E-state index contributed by atoms with van der Waals surface area (Å²) in [5, 5.41) is 11.7. The van der Waals surface area contributed by atoms with Crippen LogP contribution in [-0.4, -0.2) is 27.3 Å². The Morgan fingerprint density at radius 2 is 2.28 bits per heavy atom. The Morgan fingerprint density at radius 3 is 3.06 bits per heavy atom. The van der Waals surface area contributed by atoms with E-state index in [9.17, 15) is 0 Å². The molecule has 0 aliphatic heterocycles. The van der Waals surface area contributed by atoms with E-state index in [0.29, 0.717) is 0 Å². The minimum atomic E-state index is 0.764. The zero-order valence-corrected chi connectivity index (χ0v) is 11.4. The number of aromatic nitrogens is 4. The van der Waals surface area contributed by atoms with E-state index in [-0.39, 0.29) is 0 Å². The summed E-state index contributed by atoms with van der Waals surface area (Å²) in [6.45, 7) is 2.97. The van der Waals surface area contributed by atoms with Gasteiger partial charge in [0.05, 0.1) is 12.9 Å². The minimum Gasteiger partial charge on any atom is -0.497 e. The highest BCUT2D eigenvalue weighted by Gasteiger charge is 2.06. The van der Waals surface area contributed by atoms with Crippen LogP contribution in [0.15, 0.2) is 29.2 Å². The van der Waals surface area contributed by atoms with Gasteiger partial charge in [-0.2, -0.15) is 0 Å². The zero-order chi connectivity index (χ0) is 12.8. The van der Waals surface area contributed by atoms with Gasteiger partial charge in [-0.25, -0.2) is 4.68 Å². The second-order valence-corrected chi connectivity index (χ2v) is 4.83.